The topological polar surface area (TPSA) is 68.7 Å². The fourth-order valence-corrected chi connectivity index (χ4v) is 3.82. The molecule has 0 unspecified atom stereocenters. The summed E-state index contributed by atoms with van der Waals surface area (Å²) in [4.78, 5) is 31.7. The average Bonchev–Trinajstić information content (AvgIpc) is 2.74. The van der Waals surface area contributed by atoms with Crippen molar-refractivity contribution in [3.8, 4) is 5.75 Å². The lowest BCUT2D eigenvalue weighted by Crippen LogP contribution is -2.51. The average molecular weight is 382 g/mol. The van der Waals surface area contributed by atoms with Crippen LogP contribution in [0.5, 0.6) is 5.75 Å². The van der Waals surface area contributed by atoms with E-state index in [1.165, 1.54) is 0 Å². The number of amides is 1. The fourth-order valence-electron chi connectivity index (χ4n) is 3.82. The summed E-state index contributed by atoms with van der Waals surface area (Å²) in [5, 5.41) is 0. The lowest BCUT2D eigenvalue weighted by Gasteiger charge is -2.41. The maximum Gasteiger partial charge on any atom is 0.314 e. The van der Waals surface area contributed by atoms with Crippen LogP contribution in [0.1, 0.15) is 35.7 Å². The van der Waals surface area contributed by atoms with Crippen LogP contribution in [0.2, 0.25) is 0 Å². The second-order valence-corrected chi connectivity index (χ2v) is 7.10. The van der Waals surface area contributed by atoms with Crippen LogP contribution in [0.15, 0.2) is 48.8 Å². The molecule has 2 heterocycles. The second-order valence-electron chi connectivity index (χ2n) is 7.10. The maximum atomic E-state index is 13.0. The number of hydrogen-bond acceptors (Lipinski definition) is 5. The van der Waals surface area contributed by atoms with Gasteiger partial charge in [0.1, 0.15) is 5.75 Å². The van der Waals surface area contributed by atoms with Crippen molar-refractivity contribution in [2.75, 3.05) is 26.8 Å². The van der Waals surface area contributed by atoms with Crippen molar-refractivity contribution in [2.24, 2.45) is 5.41 Å². The molecule has 28 heavy (non-hydrogen) atoms. The van der Waals surface area contributed by atoms with E-state index in [9.17, 15) is 9.59 Å². The number of piperidine rings is 1. The minimum absolute atomic E-state index is 0.0820. The van der Waals surface area contributed by atoms with Crippen molar-refractivity contribution in [3.05, 3.63) is 59.9 Å². The molecule has 1 aliphatic heterocycles. The van der Waals surface area contributed by atoms with Crippen LogP contribution in [-0.4, -0.2) is 48.6 Å². The van der Waals surface area contributed by atoms with Crippen LogP contribution in [0.3, 0.4) is 0 Å². The molecule has 1 amide bonds. The van der Waals surface area contributed by atoms with Crippen molar-refractivity contribution in [1.29, 1.82) is 0 Å². The van der Waals surface area contributed by atoms with Crippen LogP contribution in [0, 0.1) is 5.41 Å². The third-order valence-electron chi connectivity index (χ3n) is 5.18. The Labute approximate surface area is 165 Å². The van der Waals surface area contributed by atoms with Crippen molar-refractivity contribution >= 4 is 11.9 Å². The first kappa shape index (κ1) is 19.9. The lowest BCUT2D eigenvalue weighted by atomic mass is 9.75. The summed E-state index contributed by atoms with van der Waals surface area (Å²) in [6.45, 7) is 3.08. The number of likely N-dealkylation sites (tertiary alicyclic amines) is 1. The monoisotopic (exact) mass is 382 g/mol. The van der Waals surface area contributed by atoms with Gasteiger partial charge in [0.15, 0.2) is 0 Å². The highest BCUT2D eigenvalue weighted by molar-refractivity contribution is 5.94. The standard InChI is InChI=1S/C22H26N2O4/c1-3-28-21(26)22(15-17-6-4-7-19(14-17)27-2)10-5-13-24(16-22)20(25)18-8-11-23-12-9-18/h4,6-9,11-12,14H,3,5,10,13,15-16H2,1-2H3/t22-/m0/s1. The number of aromatic nitrogens is 1. The molecule has 6 heteroatoms. The first-order valence-electron chi connectivity index (χ1n) is 9.57. The number of benzene rings is 1. The van der Waals surface area contributed by atoms with Crippen LogP contribution >= 0.6 is 0 Å². The number of ether oxygens (including phenoxy) is 2. The number of nitrogens with zero attached hydrogens (tertiary/aromatic N) is 2. The van der Waals surface area contributed by atoms with E-state index in [0.717, 1.165) is 17.7 Å². The summed E-state index contributed by atoms with van der Waals surface area (Å²) in [6, 6.07) is 11.1. The van der Waals surface area contributed by atoms with Gasteiger partial charge >= 0.3 is 5.97 Å². The molecule has 0 bridgehead atoms. The van der Waals surface area contributed by atoms with Gasteiger partial charge in [-0.2, -0.15) is 0 Å². The molecule has 3 rings (SSSR count). The van der Waals surface area contributed by atoms with Gasteiger partial charge in [-0.25, -0.2) is 0 Å². The van der Waals surface area contributed by atoms with Crippen molar-refractivity contribution in [2.45, 2.75) is 26.2 Å². The van der Waals surface area contributed by atoms with Gasteiger partial charge in [0, 0.05) is 31.0 Å². The van der Waals surface area contributed by atoms with Crippen molar-refractivity contribution < 1.29 is 19.1 Å². The summed E-state index contributed by atoms with van der Waals surface area (Å²) < 4.78 is 10.7. The minimum Gasteiger partial charge on any atom is -0.497 e. The minimum atomic E-state index is -0.761. The van der Waals surface area contributed by atoms with E-state index >= 15 is 0 Å². The van der Waals surface area contributed by atoms with Gasteiger partial charge in [-0.15, -0.1) is 0 Å². The molecule has 6 nitrogen and oxygen atoms in total. The van der Waals surface area contributed by atoms with E-state index in [1.54, 1.807) is 43.5 Å². The predicted octanol–water partition coefficient (Wildman–Crippen LogP) is 3.12. The molecule has 0 saturated carbocycles. The van der Waals surface area contributed by atoms with Crippen LogP contribution in [0.25, 0.3) is 0 Å². The summed E-state index contributed by atoms with van der Waals surface area (Å²) in [5.41, 5.74) is 0.810. The Kier molecular flexibility index (Phi) is 6.29. The van der Waals surface area contributed by atoms with Gasteiger partial charge in [-0.05, 0) is 56.0 Å². The summed E-state index contributed by atoms with van der Waals surface area (Å²) >= 11 is 0. The number of methoxy groups -OCH3 is 1. The van der Waals surface area contributed by atoms with Gasteiger partial charge in [-0.1, -0.05) is 12.1 Å². The Morgan fingerprint density at radius 1 is 1.21 bits per heavy atom. The Morgan fingerprint density at radius 3 is 2.71 bits per heavy atom. The third kappa shape index (κ3) is 4.32. The van der Waals surface area contributed by atoms with Gasteiger partial charge in [0.25, 0.3) is 5.91 Å². The second kappa shape index (κ2) is 8.87. The molecule has 2 aromatic rings. The Morgan fingerprint density at radius 2 is 2.00 bits per heavy atom. The first-order valence-corrected chi connectivity index (χ1v) is 9.57. The lowest BCUT2D eigenvalue weighted by molar-refractivity contribution is -0.158. The van der Waals surface area contributed by atoms with Gasteiger partial charge < -0.3 is 14.4 Å². The largest absolute Gasteiger partial charge is 0.497 e. The molecule has 1 fully saturated rings. The molecular formula is C22H26N2O4. The van der Waals surface area contributed by atoms with Crippen LogP contribution < -0.4 is 4.74 Å². The highest BCUT2D eigenvalue weighted by atomic mass is 16.5. The number of pyridine rings is 1. The Bertz CT molecular complexity index is 824. The molecule has 1 aliphatic rings. The first-order chi connectivity index (χ1) is 13.6. The van der Waals surface area contributed by atoms with E-state index in [0.29, 0.717) is 38.1 Å². The molecule has 1 aromatic carbocycles. The maximum absolute atomic E-state index is 13.0. The number of carbonyl (C=O) groups excluding carboxylic acids is 2. The number of carbonyl (C=O) groups is 2. The molecule has 0 radical (unpaired) electrons. The molecular weight excluding hydrogens is 356 g/mol. The van der Waals surface area contributed by atoms with E-state index in [-0.39, 0.29) is 11.9 Å². The van der Waals surface area contributed by atoms with Crippen molar-refractivity contribution in [1.82, 2.24) is 9.88 Å². The number of hydrogen-bond donors (Lipinski definition) is 0. The SMILES string of the molecule is CCOC(=O)[C@]1(Cc2cccc(OC)c2)CCCN(C(=O)c2ccncc2)C1. The van der Waals surface area contributed by atoms with E-state index in [4.69, 9.17) is 9.47 Å². The summed E-state index contributed by atoms with van der Waals surface area (Å²) in [7, 11) is 1.62. The quantitative estimate of drug-likeness (QED) is 0.718. The highest BCUT2D eigenvalue weighted by Gasteiger charge is 2.45. The smallest absolute Gasteiger partial charge is 0.314 e. The van der Waals surface area contributed by atoms with E-state index in [2.05, 4.69) is 4.98 Å². The van der Waals surface area contributed by atoms with Crippen molar-refractivity contribution in [3.63, 3.8) is 0 Å². The molecule has 0 aliphatic carbocycles. The Hall–Kier alpha value is -2.89. The molecule has 148 valence electrons. The fraction of sp³-hybridized carbons (Fsp3) is 0.409. The zero-order valence-corrected chi connectivity index (χ0v) is 16.4. The Balaban J connectivity index is 1.88. The van der Waals surface area contributed by atoms with E-state index < -0.39 is 5.41 Å². The molecule has 1 aromatic heterocycles. The number of esters is 1. The normalized spacial score (nSPS) is 19.1. The number of rotatable bonds is 6. The van der Waals surface area contributed by atoms with Crippen LogP contribution in [-0.2, 0) is 16.0 Å². The predicted molar refractivity (Wildman–Crippen MR) is 105 cm³/mol. The van der Waals surface area contributed by atoms with E-state index in [1.807, 2.05) is 24.3 Å². The van der Waals surface area contributed by atoms with Crippen LogP contribution in [0.4, 0.5) is 0 Å². The molecule has 1 atom stereocenters. The zero-order chi connectivity index (χ0) is 20.0. The summed E-state index contributed by atoms with van der Waals surface area (Å²) in [6.07, 6.45) is 5.14. The third-order valence-corrected chi connectivity index (χ3v) is 5.18. The highest BCUT2D eigenvalue weighted by Crippen LogP contribution is 2.36. The molecule has 0 N–H and O–H groups in total. The molecule has 0 spiro atoms. The van der Waals surface area contributed by atoms with Gasteiger partial charge in [0.05, 0.1) is 19.1 Å². The van der Waals surface area contributed by atoms with Gasteiger partial charge in [-0.3, -0.25) is 14.6 Å². The van der Waals surface area contributed by atoms with Gasteiger partial charge in [0.2, 0.25) is 0 Å². The summed E-state index contributed by atoms with van der Waals surface area (Å²) in [5.74, 6) is 0.420. The zero-order valence-electron chi connectivity index (χ0n) is 16.4. The molecule has 1 saturated heterocycles.